The Balaban J connectivity index is 1.66. The summed E-state index contributed by atoms with van der Waals surface area (Å²) in [5, 5.41) is 6.21. The van der Waals surface area contributed by atoms with Gasteiger partial charge in [-0.05, 0) is 43.7 Å². The first-order valence-electron chi connectivity index (χ1n) is 7.04. The monoisotopic (exact) mass is 261 g/mol. The molecule has 2 rings (SSSR count). The second-order valence-corrected chi connectivity index (χ2v) is 5.32. The molecule has 1 aliphatic heterocycles. The average Bonchev–Trinajstić information content (AvgIpc) is 2.42. The van der Waals surface area contributed by atoms with Crippen LogP contribution in [-0.2, 0) is 6.42 Å². The summed E-state index contributed by atoms with van der Waals surface area (Å²) in [6, 6.07) is 10.7. The van der Waals surface area contributed by atoms with Crippen molar-refractivity contribution < 1.29 is 4.79 Å². The van der Waals surface area contributed by atoms with Crippen LogP contribution in [0.3, 0.4) is 0 Å². The zero-order valence-corrected chi connectivity index (χ0v) is 11.3. The second kappa shape index (κ2) is 7.14. The Labute approximate surface area is 114 Å². The van der Waals surface area contributed by atoms with E-state index in [0.717, 1.165) is 25.3 Å². The largest absolute Gasteiger partial charge is 0.352 e. The number of benzene rings is 1. The van der Waals surface area contributed by atoms with E-state index in [-0.39, 0.29) is 0 Å². The van der Waals surface area contributed by atoms with E-state index >= 15 is 0 Å². The molecule has 1 aromatic rings. The van der Waals surface area contributed by atoms with Crippen molar-refractivity contribution in [2.45, 2.75) is 31.7 Å². The number of nitrogens with two attached hydrogens (primary N) is 1. The quantitative estimate of drug-likeness (QED) is 0.754. The van der Waals surface area contributed by atoms with Gasteiger partial charge in [0.25, 0.3) is 0 Å². The molecule has 19 heavy (non-hydrogen) atoms. The highest BCUT2D eigenvalue weighted by atomic mass is 16.2. The van der Waals surface area contributed by atoms with Crippen molar-refractivity contribution in [2.75, 3.05) is 13.1 Å². The summed E-state index contributed by atoms with van der Waals surface area (Å²) in [6.45, 7) is 1.73. The number of hydrogen-bond donors (Lipinski definition) is 3. The second-order valence-electron chi connectivity index (χ2n) is 5.32. The Bertz CT molecular complexity index is 386. The van der Waals surface area contributed by atoms with Gasteiger partial charge >= 0.3 is 6.03 Å². The summed E-state index contributed by atoms with van der Waals surface area (Å²) in [5.41, 5.74) is 6.47. The highest BCUT2D eigenvalue weighted by Crippen LogP contribution is 2.20. The third kappa shape index (κ3) is 4.91. The summed E-state index contributed by atoms with van der Waals surface area (Å²) in [5.74, 6) is 0.725. The fourth-order valence-corrected chi connectivity index (χ4v) is 2.71. The molecular formula is C15H23N3O. The molecule has 1 heterocycles. The third-order valence-corrected chi connectivity index (χ3v) is 3.78. The number of piperidine rings is 1. The van der Waals surface area contributed by atoms with Gasteiger partial charge in [0.1, 0.15) is 0 Å². The Morgan fingerprint density at radius 1 is 1.32 bits per heavy atom. The molecular weight excluding hydrogens is 238 g/mol. The molecule has 1 fully saturated rings. The van der Waals surface area contributed by atoms with Crippen molar-refractivity contribution in [3.05, 3.63) is 35.9 Å². The lowest BCUT2D eigenvalue weighted by molar-refractivity contribution is 0.246. The molecule has 0 aromatic heterocycles. The lowest BCUT2D eigenvalue weighted by Gasteiger charge is -2.30. The molecule has 0 aliphatic carbocycles. The number of rotatable bonds is 5. The maximum atomic E-state index is 10.6. The van der Waals surface area contributed by atoms with Crippen molar-refractivity contribution in [1.82, 2.24) is 10.6 Å². The van der Waals surface area contributed by atoms with Crippen LogP contribution in [0.5, 0.6) is 0 Å². The van der Waals surface area contributed by atoms with Crippen LogP contribution >= 0.6 is 0 Å². The molecule has 0 saturated carbocycles. The number of hydrogen-bond acceptors (Lipinski definition) is 2. The van der Waals surface area contributed by atoms with Gasteiger partial charge in [-0.2, -0.15) is 0 Å². The Morgan fingerprint density at radius 3 is 2.74 bits per heavy atom. The van der Waals surface area contributed by atoms with Crippen LogP contribution in [0.4, 0.5) is 4.79 Å². The topological polar surface area (TPSA) is 67.2 Å². The minimum absolute atomic E-state index is 0.433. The smallest absolute Gasteiger partial charge is 0.312 e. The van der Waals surface area contributed by atoms with Crippen molar-refractivity contribution >= 4 is 6.03 Å². The summed E-state index contributed by atoms with van der Waals surface area (Å²) < 4.78 is 0. The van der Waals surface area contributed by atoms with Crippen LogP contribution in [0.25, 0.3) is 0 Å². The first-order valence-corrected chi connectivity index (χ1v) is 7.04. The standard InChI is InChI=1S/C15H23N3O/c16-15(19)17-9-8-14-7-6-13(11-18-14)10-12-4-2-1-3-5-12/h1-5,13-14,18H,6-11H2,(H3,16,17,19). The summed E-state index contributed by atoms with van der Waals surface area (Å²) in [4.78, 5) is 10.6. The first kappa shape index (κ1) is 13.9. The number of carbonyl (C=O) groups is 1. The molecule has 4 N–H and O–H groups in total. The van der Waals surface area contributed by atoms with Gasteiger partial charge in [0.15, 0.2) is 0 Å². The molecule has 104 valence electrons. The lowest BCUT2D eigenvalue weighted by atomic mass is 9.88. The van der Waals surface area contributed by atoms with Gasteiger partial charge in [-0.15, -0.1) is 0 Å². The zero-order chi connectivity index (χ0) is 13.5. The van der Waals surface area contributed by atoms with Crippen LogP contribution in [0.2, 0.25) is 0 Å². The normalized spacial score (nSPS) is 22.9. The van der Waals surface area contributed by atoms with Gasteiger partial charge in [0, 0.05) is 12.6 Å². The number of amides is 2. The first-order chi connectivity index (χ1) is 9.24. The molecule has 1 saturated heterocycles. The van der Waals surface area contributed by atoms with E-state index < -0.39 is 6.03 Å². The lowest BCUT2D eigenvalue weighted by Crippen LogP contribution is -2.42. The van der Waals surface area contributed by atoms with E-state index in [0.29, 0.717) is 12.6 Å². The summed E-state index contributed by atoms with van der Waals surface area (Å²) in [6.07, 6.45) is 4.54. The van der Waals surface area contributed by atoms with Gasteiger partial charge in [-0.3, -0.25) is 0 Å². The number of primary amides is 1. The summed E-state index contributed by atoms with van der Waals surface area (Å²) in [7, 11) is 0. The molecule has 1 aromatic carbocycles. The van der Waals surface area contributed by atoms with Gasteiger partial charge in [-0.25, -0.2) is 4.79 Å². The molecule has 4 nitrogen and oxygen atoms in total. The number of nitrogens with one attached hydrogen (secondary N) is 2. The van der Waals surface area contributed by atoms with E-state index in [1.807, 2.05) is 0 Å². The van der Waals surface area contributed by atoms with Crippen molar-refractivity contribution in [3.8, 4) is 0 Å². The molecule has 2 atom stereocenters. The van der Waals surface area contributed by atoms with Crippen LogP contribution in [0.1, 0.15) is 24.8 Å². The summed E-state index contributed by atoms with van der Waals surface area (Å²) >= 11 is 0. The van der Waals surface area contributed by atoms with E-state index in [1.54, 1.807) is 0 Å². The molecule has 0 spiro atoms. The maximum Gasteiger partial charge on any atom is 0.312 e. The molecule has 0 bridgehead atoms. The van der Waals surface area contributed by atoms with E-state index in [9.17, 15) is 4.79 Å². The van der Waals surface area contributed by atoms with Crippen LogP contribution in [0.15, 0.2) is 30.3 Å². The van der Waals surface area contributed by atoms with Gasteiger partial charge < -0.3 is 16.4 Å². The SMILES string of the molecule is NC(=O)NCCC1CCC(Cc2ccccc2)CN1. The van der Waals surface area contributed by atoms with Crippen LogP contribution < -0.4 is 16.4 Å². The van der Waals surface area contributed by atoms with Crippen LogP contribution in [0, 0.1) is 5.92 Å². The highest BCUT2D eigenvalue weighted by molar-refractivity contribution is 5.71. The Kier molecular flexibility index (Phi) is 5.21. The predicted octanol–water partition coefficient (Wildman–Crippen LogP) is 1.66. The molecule has 2 unspecified atom stereocenters. The van der Waals surface area contributed by atoms with Gasteiger partial charge in [0.05, 0.1) is 0 Å². The number of urea groups is 1. The number of carbonyl (C=O) groups excluding carboxylic acids is 1. The molecule has 2 amide bonds. The molecule has 4 heteroatoms. The fourth-order valence-electron chi connectivity index (χ4n) is 2.71. The van der Waals surface area contributed by atoms with Crippen molar-refractivity contribution in [3.63, 3.8) is 0 Å². The Hall–Kier alpha value is -1.55. The van der Waals surface area contributed by atoms with Crippen molar-refractivity contribution in [1.29, 1.82) is 0 Å². The van der Waals surface area contributed by atoms with E-state index in [4.69, 9.17) is 5.73 Å². The van der Waals surface area contributed by atoms with Crippen molar-refractivity contribution in [2.24, 2.45) is 11.7 Å². The third-order valence-electron chi connectivity index (χ3n) is 3.78. The zero-order valence-electron chi connectivity index (χ0n) is 11.3. The average molecular weight is 261 g/mol. The highest BCUT2D eigenvalue weighted by Gasteiger charge is 2.20. The van der Waals surface area contributed by atoms with E-state index in [2.05, 4.69) is 41.0 Å². The fraction of sp³-hybridized carbons (Fsp3) is 0.533. The van der Waals surface area contributed by atoms with Gasteiger partial charge in [0.2, 0.25) is 0 Å². The van der Waals surface area contributed by atoms with Gasteiger partial charge in [-0.1, -0.05) is 30.3 Å². The molecule has 0 radical (unpaired) electrons. The predicted molar refractivity (Wildman–Crippen MR) is 76.9 cm³/mol. The minimum Gasteiger partial charge on any atom is -0.352 e. The van der Waals surface area contributed by atoms with Crippen LogP contribution in [-0.4, -0.2) is 25.2 Å². The maximum absolute atomic E-state index is 10.6. The van der Waals surface area contributed by atoms with E-state index in [1.165, 1.54) is 18.4 Å². The minimum atomic E-state index is -0.433. The Morgan fingerprint density at radius 2 is 2.11 bits per heavy atom. The molecule has 1 aliphatic rings.